The van der Waals surface area contributed by atoms with E-state index in [1.807, 2.05) is 0 Å². The molecule has 8 heteroatoms. The van der Waals surface area contributed by atoms with Crippen molar-refractivity contribution in [3.05, 3.63) is 94.8 Å². The molecule has 2 amide bonds. The van der Waals surface area contributed by atoms with Crippen molar-refractivity contribution in [2.45, 2.75) is 19.0 Å². The highest BCUT2D eigenvalue weighted by molar-refractivity contribution is 5.98. The summed E-state index contributed by atoms with van der Waals surface area (Å²) in [6, 6.07) is 11.4. The first kappa shape index (κ1) is 20.5. The minimum Gasteiger partial charge on any atom is -0.488 e. The SMILES string of the molecule is Cc1ncccc1C(=O)N([C@@H]1COc2c(F)cc(F)cc21)[C@@H](C(N)=O)c1ccccc1. The fraction of sp³-hybridized carbons (Fsp3) is 0.174. The van der Waals surface area contributed by atoms with Crippen LogP contribution in [0.15, 0.2) is 60.8 Å². The highest BCUT2D eigenvalue weighted by Gasteiger charge is 2.42. The van der Waals surface area contributed by atoms with Gasteiger partial charge in [0.25, 0.3) is 5.91 Å². The molecule has 2 heterocycles. The Morgan fingerprint density at radius 3 is 2.58 bits per heavy atom. The van der Waals surface area contributed by atoms with E-state index in [0.717, 1.165) is 6.07 Å². The standard InChI is InChI=1S/C23H19F2N3O3/c1-13-16(8-5-9-27-13)23(30)28(20(22(26)29)14-6-3-2-4-7-14)19-12-31-21-17(19)10-15(24)11-18(21)25/h2-11,19-20H,12H2,1H3,(H2,26,29)/t19-,20-/m1/s1. The van der Waals surface area contributed by atoms with Crippen molar-refractivity contribution in [1.29, 1.82) is 0 Å². The van der Waals surface area contributed by atoms with Gasteiger partial charge in [0.15, 0.2) is 11.6 Å². The lowest BCUT2D eigenvalue weighted by Gasteiger charge is -2.34. The number of amides is 2. The van der Waals surface area contributed by atoms with Gasteiger partial charge in [-0.2, -0.15) is 0 Å². The second kappa shape index (κ2) is 8.14. The van der Waals surface area contributed by atoms with Gasteiger partial charge < -0.3 is 15.4 Å². The third-order valence-electron chi connectivity index (χ3n) is 5.25. The molecule has 2 aromatic carbocycles. The van der Waals surface area contributed by atoms with Gasteiger partial charge in [0, 0.05) is 23.5 Å². The van der Waals surface area contributed by atoms with Gasteiger partial charge in [-0.15, -0.1) is 0 Å². The van der Waals surface area contributed by atoms with E-state index in [9.17, 15) is 18.4 Å². The maximum atomic E-state index is 14.3. The number of hydrogen-bond acceptors (Lipinski definition) is 4. The average molecular weight is 423 g/mol. The minimum absolute atomic E-state index is 0.134. The van der Waals surface area contributed by atoms with Gasteiger partial charge in [-0.25, -0.2) is 8.78 Å². The molecule has 3 aromatic rings. The highest BCUT2D eigenvalue weighted by Crippen LogP contribution is 2.42. The van der Waals surface area contributed by atoms with Crippen molar-refractivity contribution in [3.63, 3.8) is 0 Å². The number of fused-ring (bicyclic) bond motifs is 1. The second-order valence-electron chi connectivity index (χ2n) is 7.20. The van der Waals surface area contributed by atoms with Crippen molar-refractivity contribution in [1.82, 2.24) is 9.88 Å². The lowest BCUT2D eigenvalue weighted by Crippen LogP contribution is -2.44. The molecule has 1 aliphatic rings. The molecule has 0 aliphatic carbocycles. The molecular formula is C23H19F2N3O3. The maximum absolute atomic E-state index is 14.3. The van der Waals surface area contributed by atoms with Crippen LogP contribution in [0.3, 0.4) is 0 Å². The van der Waals surface area contributed by atoms with Crippen LogP contribution in [0.4, 0.5) is 8.78 Å². The summed E-state index contributed by atoms with van der Waals surface area (Å²) in [5.74, 6) is -3.18. The lowest BCUT2D eigenvalue weighted by atomic mass is 9.97. The maximum Gasteiger partial charge on any atom is 0.257 e. The molecule has 0 fully saturated rings. The van der Waals surface area contributed by atoms with E-state index in [2.05, 4.69) is 4.98 Å². The van der Waals surface area contributed by atoms with Crippen LogP contribution >= 0.6 is 0 Å². The number of aromatic nitrogens is 1. The zero-order valence-corrected chi connectivity index (χ0v) is 16.6. The van der Waals surface area contributed by atoms with E-state index in [1.165, 1.54) is 11.1 Å². The number of carbonyl (C=O) groups is 2. The van der Waals surface area contributed by atoms with E-state index in [0.29, 0.717) is 17.3 Å². The van der Waals surface area contributed by atoms with Crippen LogP contribution in [-0.4, -0.2) is 28.3 Å². The molecule has 1 aliphatic heterocycles. The number of carbonyl (C=O) groups excluding carboxylic acids is 2. The Hall–Kier alpha value is -3.81. The number of ether oxygens (including phenoxy) is 1. The molecule has 0 saturated carbocycles. The van der Waals surface area contributed by atoms with Gasteiger partial charge in [-0.05, 0) is 30.7 Å². The van der Waals surface area contributed by atoms with Crippen LogP contribution in [0.25, 0.3) is 0 Å². The number of primary amides is 1. The fourth-order valence-corrected chi connectivity index (χ4v) is 3.85. The quantitative estimate of drug-likeness (QED) is 0.681. The van der Waals surface area contributed by atoms with E-state index >= 15 is 0 Å². The predicted molar refractivity (Wildman–Crippen MR) is 108 cm³/mol. The van der Waals surface area contributed by atoms with Gasteiger partial charge >= 0.3 is 0 Å². The van der Waals surface area contributed by atoms with Gasteiger partial charge in [0.05, 0.1) is 11.6 Å². The highest BCUT2D eigenvalue weighted by atomic mass is 19.1. The number of pyridine rings is 1. The van der Waals surface area contributed by atoms with E-state index in [4.69, 9.17) is 10.5 Å². The van der Waals surface area contributed by atoms with Crippen molar-refractivity contribution in [2.24, 2.45) is 5.73 Å². The Morgan fingerprint density at radius 1 is 1.16 bits per heavy atom. The molecule has 6 nitrogen and oxygen atoms in total. The zero-order chi connectivity index (χ0) is 22.1. The molecule has 158 valence electrons. The number of hydrogen-bond donors (Lipinski definition) is 1. The Morgan fingerprint density at radius 2 is 1.90 bits per heavy atom. The number of halogens is 2. The molecule has 31 heavy (non-hydrogen) atoms. The number of aryl methyl sites for hydroxylation is 1. The fourth-order valence-electron chi connectivity index (χ4n) is 3.85. The lowest BCUT2D eigenvalue weighted by molar-refractivity contribution is -0.123. The van der Waals surface area contributed by atoms with Crippen molar-refractivity contribution in [3.8, 4) is 5.75 Å². The molecule has 0 saturated heterocycles. The van der Waals surface area contributed by atoms with Crippen molar-refractivity contribution < 1.29 is 23.1 Å². The molecule has 4 rings (SSSR count). The van der Waals surface area contributed by atoms with E-state index in [-0.39, 0.29) is 23.5 Å². The van der Waals surface area contributed by atoms with Crippen molar-refractivity contribution >= 4 is 11.8 Å². The summed E-state index contributed by atoms with van der Waals surface area (Å²) in [5, 5.41) is 0. The third kappa shape index (κ3) is 3.72. The second-order valence-corrected chi connectivity index (χ2v) is 7.20. The van der Waals surface area contributed by atoms with Crippen LogP contribution < -0.4 is 10.5 Å². The Balaban J connectivity index is 1.90. The summed E-state index contributed by atoms with van der Waals surface area (Å²) in [7, 11) is 0. The monoisotopic (exact) mass is 423 g/mol. The molecule has 0 spiro atoms. The van der Waals surface area contributed by atoms with E-state index in [1.54, 1.807) is 49.4 Å². The summed E-state index contributed by atoms with van der Waals surface area (Å²) < 4.78 is 33.8. The predicted octanol–water partition coefficient (Wildman–Crippen LogP) is 3.47. The Labute approximate surface area is 177 Å². The first-order chi connectivity index (χ1) is 14.9. The molecule has 0 bridgehead atoms. The molecule has 1 aromatic heterocycles. The minimum atomic E-state index is -1.20. The smallest absolute Gasteiger partial charge is 0.257 e. The first-order valence-corrected chi connectivity index (χ1v) is 9.58. The molecule has 0 unspecified atom stereocenters. The number of rotatable bonds is 5. The summed E-state index contributed by atoms with van der Waals surface area (Å²) in [4.78, 5) is 31.6. The summed E-state index contributed by atoms with van der Waals surface area (Å²) >= 11 is 0. The normalized spacial score (nSPS) is 15.6. The van der Waals surface area contributed by atoms with Gasteiger partial charge in [-0.3, -0.25) is 14.6 Å². The van der Waals surface area contributed by atoms with Crippen LogP contribution in [0, 0.1) is 18.6 Å². The van der Waals surface area contributed by atoms with Gasteiger partial charge in [-0.1, -0.05) is 30.3 Å². The molecular weight excluding hydrogens is 404 g/mol. The summed E-state index contributed by atoms with van der Waals surface area (Å²) in [6.07, 6.45) is 1.54. The number of nitrogens with two attached hydrogens (primary N) is 1. The zero-order valence-electron chi connectivity index (χ0n) is 16.6. The van der Waals surface area contributed by atoms with Crippen LogP contribution in [0.1, 0.15) is 39.3 Å². The van der Waals surface area contributed by atoms with E-state index < -0.39 is 35.5 Å². The van der Waals surface area contributed by atoms with Gasteiger partial charge in [0.1, 0.15) is 18.5 Å². The number of nitrogens with zero attached hydrogens (tertiary/aromatic N) is 2. The summed E-state index contributed by atoms with van der Waals surface area (Å²) in [6.45, 7) is 1.50. The third-order valence-corrected chi connectivity index (χ3v) is 5.25. The van der Waals surface area contributed by atoms with Crippen LogP contribution in [0.2, 0.25) is 0 Å². The largest absolute Gasteiger partial charge is 0.488 e. The molecule has 0 radical (unpaired) electrons. The Bertz CT molecular complexity index is 1150. The van der Waals surface area contributed by atoms with Crippen LogP contribution in [-0.2, 0) is 4.79 Å². The first-order valence-electron chi connectivity index (χ1n) is 9.58. The number of benzene rings is 2. The van der Waals surface area contributed by atoms with Gasteiger partial charge in [0.2, 0.25) is 5.91 Å². The average Bonchev–Trinajstić information content (AvgIpc) is 3.16. The van der Waals surface area contributed by atoms with Crippen LogP contribution in [0.5, 0.6) is 5.75 Å². The summed E-state index contributed by atoms with van der Waals surface area (Å²) in [5.41, 5.74) is 7.02. The molecule has 2 N–H and O–H groups in total. The Kier molecular flexibility index (Phi) is 5.37. The molecule has 2 atom stereocenters. The van der Waals surface area contributed by atoms with Crippen molar-refractivity contribution in [2.75, 3.05) is 6.61 Å². The topological polar surface area (TPSA) is 85.5 Å².